The zero-order valence-corrected chi connectivity index (χ0v) is 23.2. The molecule has 202 valence electrons. The topological polar surface area (TPSA) is 72.9 Å². The van der Waals surface area contributed by atoms with Crippen molar-refractivity contribution in [1.29, 1.82) is 0 Å². The molecule has 0 N–H and O–H groups in total. The lowest BCUT2D eigenvalue weighted by Crippen LogP contribution is -2.37. The van der Waals surface area contributed by atoms with E-state index in [0.29, 0.717) is 35.5 Å². The van der Waals surface area contributed by atoms with Crippen LogP contribution >= 0.6 is 11.8 Å². The van der Waals surface area contributed by atoms with Gasteiger partial charge in [0, 0.05) is 23.7 Å². The van der Waals surface area contributed by atoms with Crippen LogP contribution in [0.25, 0.3) is 0 Å². The number of esters is 1. The maximum absolute atomic E-state index is 14.1. The van der Waals surface area contributed by atoms with Gasteiger partial charge in [-0.05, 0) is 56.4 Å². The van der Waals surface area contributed by atoms with Gasteiger partial charge >= 0.3 is 5.97 Å². The summed E-state index contributed by atoms with van der Waals surface area (Å²) in [5, 5.41) is 0. The molecule has 10 heteroatoms. The zero-order valence-electron chi connectivity index (χ0n) is 21.6. The molecule has 1 aliphatic heterocycles. The van der Waals surface area contributed by atoms with Crippen molar-refractivity contribution in [2.24, 2.45) is 5.41 Å². The number of ether oxygens (including phenoxy) is 2. The molecule has 0 aliphatic carbocycles. The van der Waals surface area contributed by atoms with Crippen LogP contribution in [-0.2, 0) is 19.4 Å². The summed E-state index contributed by atoms with van der Waals surface area (Å²) < 4.78 is 65.7. The summed E-state index contributed by atoms with van der Waals surface area (Å²) in [5.41, 5.74) is 0.589. The fourth-order valence-electron chi connectivity index (χ4n) is 4.50. The van der Waals surface area contributed by atoms with Gasteiger partial charge < -0.3 is 14.4 Å². The molecule has 0 saturated heterocycles. The molecule has 1 atom stereocenters. The predicted octanol–water partition coefficient (Wildman–Crippen LogP) is 6.81. The zero-order chi connectivity index (χ0) is 27.2. The van der Waals surface area contributed by atoms with Crippen molar-refractivity contribution >= 4 is 38.9 Å². The minimum atomic E-state index is -3.80. The molecule has 1 heterocycles. The van der Waals surface area contributed by atoms with Crippen molar-refractivity contribution in [3.05, 3.63) is 54.3 Å². The van der Waals surface area contributed by atoms with Crippen LogP contribution in [0, 0.1) is 11.2 Å². The fourth-order valence-corrected chi connectivity index (χ4v) is 7.21. The average Bonchev–Trinajstić information content (AvgIpc) is 2.98. The molecule has 6 nitrogen and oxygen atoms in total. The third kappa shape index (κ3) is 6.65. The molecule has 0 radical (unpaired) electrons. The molecule has 0 saturated carbocycles. The van der Waals surface area contributed by atoms with Crippen LogP contribution in [0.15, 0.2) is 58.3 Å². The number of carbonyl (C=O) groups excluding carboxylic acids is 1. The summed E-state index contributed by atoms with van der Waals surface area (Å²) >= 11 is 1.29. The Morgan fingerprint density at radius 3 is 2.49 bits per heavy atom. The first-order valence-electron chi connectivity index (χ1n) is 12.3. The average molecular weight is 554 g/mol. The van der Waals surface area contributed by atoms with Gasteiger partial charge in [0.25, 0.3) is 0 Å². The summed E-state index contributed by atoms with van der Waals surface area (Å²) in [6.45, 7) is 6.06. The van der Waals surface area contributed by atoms with E-state index in [1.807, 2.05) is 11.8 Å². The first-order valence-corrected chi connectivity index (χ1v) is 15.1. The van der Waals surface area contributed by atoms with Crippen LogP contribution < -0.4 is 9.64 Å². The van der Waals surface area contributed by atoms with E-state index in [-0.39, 0.29) is 28.8 Å². The van der Waals surface area contributed by atoms with Gasteiger partial charge in [0.1, 0.15) is 17.8 Å². The normalized spacial score (nSPS) is 19.2. The molecule has 0 aromatic heterocycles. The Morgan fingerprint density at radius 2 is 1.89 bits per heavy atom. The van der Waals surface area contributed by atoms with Crippen LogP contribution in [0.2, 0.25) is 0 Å². The first kappa shape index (κ1) is 29.0. The second-order valence-electron chi connectivity index (χ2n) is 9.05. The maximum Gasteiger partial charge on any atom is 0.370 e. The summed E-state index contributed by atoms with van der Waals surface area (Å²) in [4.78, 5) is 14.2. The third-order valence-corrected chi connectivity index (χ3v) is 9.32. The molecule has 3 rings (SSSR count). The van der Waals surface area contributed by atoms with Crippen LogP contribution in [-0.4, -0.2) is 39.5 Å². The van der Waals surface area contributed by atoms with E-state index >= 15 is 0 Å². The number of hydrogen-bond donors (Lipinski definition) is 0. The Bertz CT molecular complexity index is 1250. The molecule has 0 unspecified atom stereocenters. The number of thioether (sulfide) groups is 1. The Kier molecular flexibility index (Phi) is 9.63. The van der Waals surface area contributed by atoms with Gasteiger partial charge in [0.15, 0.2) is 9.84 Å². The number of halogens is 2. The number of anilines is 2. The fraction of sp³-hybridized carbons (Fsp3) is 0.444. The third-order valence-electron chi connectivity index (χ3n) is 6.57. The summed E-state index contributed by atoms with van der Waals surface area (Å²) in [5.74, 6) is -2.74. The maximum atomic E-state index is 14.1. The second-order valence-corrected chi connectivity index (χ2v) is 11.9. The van der Waals surface area contributed by atoms with E-state index in [2.05, 4.69) is 11.7 Å². The van der Waals surface area contributed by atoms with E-state index in [1.165, 1.54) is 30.0 Å². The van der Waals surface area contributed by atoms with Crippen molar-refractivity contribution < 1.29 is 31.5 Å². The number of benzene rings is 2. The molecule has 1 aliphatic rings. The molecule has 0 bridgehead atoms. The second kappa shape index (κ2) is 12.3. The number of unbranched alkanes of at least 4 members (excludes halogenated alkanes) is 1. The molecule has 2 aromatic rings. The predicted molar refractivity (Wildman–Crippen MR) is 142 cm³/mol. The quantitative estimate of drug-likeness (QED) is 0.138. The molecule has 0 spiro atoms. The van der Waals surface area contributed by atoms with Crippen molar-refractivity contribution in [3.63, 3.8) is 0 Å². The number of hydrogen-bond acceptors (Lipinski definition) is 7. The van der Waals surface area contributed by atoms with Crippen LogP contribution in [0.5, 0.6) is 5.75 Å². The largest absolute Gasteiger partial charge is 0.461 e. The van der Waals surface area contributed by atoms with E-state index in [4.69, 9.17) is 4.74 Å². The minimum absolute atomic E-state index is 0.00364. The Balaban J connectivity index is 2.19. The summed E-state index contributed by atoms with van der Waals surface area (Å²) in [7, 11) is -3.80. The van der Waals surface area contributed by atoms with Gasteiger partial charge in [0.2, 0.25) is 5.83 Å². The van der Waals surface area contributed by atoms with E-state index in [9.17, 15) is 22.0 Å². The number of sulfone groups is 1. The number of carbonyl (C=O) groups is 1. The van der Waals surface area contributed by atoms with Gasteiger partial charge in [0.05, 0.1) is 27.8 Å². The van der Waals surface area contributed by atoms with Gasteiger partial charge in [-0.25, -0.2) is 17.6 Å². The van der Waals surface area contributed by atoms with Crippen LogP contribution in [0.1, 0.15) is 46.5 Å². The molecular formula is C27H33F2NO5S2. The lowest BCUT2D eigenvalue weighted by Gasteiger charge is -2.36. The monoisotopic (exact) mass is 553 g/mol. The summed E-state index contributed by atoms with van der Waals surface area (Å²) in [6.07, 6.45) is 5.57. The van der Waals surface area contributed by atoms with Gasteiger partial charge in [-0.15, -0.1) is 11.8 Å². The first-order chi connectivity index (χ1) is 17.6. The van der Waals surface area contributed by atoms with Gasteiger partial charge in [-0.2, -0.15) is 4.39 Å². The number of nitrogens with zero attached hydrogens (tertiary/aromatic N) is 1. The van der Waals surface area contributed by atoms with Crippen molar-refractivity contribution in [1.82, 2.24) is 0 Å². The molecule has 0 fully saturated rings. The van der Waals surface area contributed by atoms with Gasteiger partial charge in [-0.1, -0.05) is 26.7 Å². The lowest BCUT2D eigenvalue weighted by atomic mass is 9.81. The molecule has 2 aromatic carbocycles. The molecular weight excluding hydrogens is 520 g/mol. The highest BCUT2D eigenvalue weighted by atomic mass is 32.2. The SMILES string of the molecule is CCCC[C@]1(CC)CN(c2ccc(F)cc2)c2cc(SC)c(O/C=C(\F)C(=O)OCC)cc2S(=O)(=O)C1. The number of rotatable bonds is 10. The Hall–Kier alpha value is -2.59. The van der Waals surface area contributed by atoms with Crippen LogP contribution in [0.3, 0.4) is 0 Å². The van der Waals surface area contributed by atoms with E-state index in [0.717, 1.165) is 19.3 Å². The van der Waals surface area contributed by atoms with E-state index in [1.54, 1.807) is 31.4 Å². The van der Waals surface area contributed by atoms with Crippen molar-refractivity contribution in [3.8, 4) is 5.75 Å². The van der Waals surface area contributed by atoms with Crippen molar-refractivity contribution in [2.45, 2.75) is 56.2 Å². The van der Waals surface area contributed by atoms with Crippen molar-refractivity contribution in [2.75, 3.05) is 30.1 Å². The smallest absolute Gasteiger partial charge is 0.370 e. The number of fused-ring (bicyclic) bond motifs is 1. The lowest BCUT2D eigenvalue weighted by molar-refractivity contribution is -0.140. The molecule has 0 amide bonds. The Morgan fingerprint density at radius 1 is 1.19 bits per heavy atom. The highest BCUT2D eigenvalue weighted by molar-refractivity contribution is 7.98. The molecule has 37 heavy (non-hydrogen) atoms. The van der Waals surface area contributed by atoms with E-state index < -0.39 is 27.0 Å². The standard InChI is InChI=1S/C27H33F2NO5S2/c1-5-8-13-27(6-2)17-30(20-11-9-19(28)10-12-20)22-14-24(36-4)23(15-25(22)37(32,33)18-27)35-16-21(29)26(31)34-7-3/h9-12,14-16H,5-8,13,17-18H2,1-4H3/b21-16-/t27-/m1/s1. The highest BCUT2D eigenvalue weighted by Gasteiger charge is 2.42. The van der Waals surface area contributed by atoms with Crippen LogP contribution in [0.4, 0.5) is 20.2 Å². The minimum Gasteiger partial charge on any atom is -0.461 e. The van der Waals surface area contributed by atoms with Gasteiger partial charge in [-0.3, -0.25) is 0 Å². The highest BCUT2D eigenvalue weighted by Crippen LogP contribution is 2.47. The summed E-state index contributed by atoms with van der Waals surface area (Å²) in [6, 6.07) is 9.05. The Labute approximate surface area is 221 Å².